The fraction of sp³-hybridized carbons (Fsp3) is 0.667. The largest absolute Gasteiger partial charge is 0.381 e. The third-order valence-electron chi connectivity index (χ3n) is 3.30. The molecular formula is C12H21N5O. The summed E-state index contributed by atoms with van der Waals surface area (Å²) in [5.41, 5.74) is 13.6. The highest BCUT2D eigenvalue weighted by Crippen LogP contribution is 2.31. The number of anilines is 2. The van der Waals surface area contributed by atoms with Gasteiger partial charge in [-0.1, -0.05) is 0 Å². The maximum Gasteiger partial charge on any atom is 0.222 e. The highest BCUT2D eigenvalue weighted by atomic mass is 16.5. The zero-order chi connectivity index (χ0) is 13.0. The number of nitrogen functional groups attached to an aromatic ring is 1. The Morgan fingerprint density at radius 1 is 1.33 bits per heavy atom. The molecule has 0 amide bonds. The Bertz CT molecular complexity index is 404. The predicted octanol–water partition coefficient (Wildman–Crippen LogP) is 0.496. The molecule has 1 aromatic rings. The molecule has 1 fully saturated rings. The molecule has 0 spiro atoms. The van der Waals surface area contributed by atoms with Crippen LogP contribution < -0.4 is 16.8 Å². The number of ether oxygens (including phenoxy) is 1. The molecule has 1 aliphatic heterocycles. The average molecular weight is 251 g/mol. The van der Waals surface area contributed by atoms with E-state index in [4.69, 9.17) is 16.2 Å². The number of rotatable bonds is 4. The van der Waals surface area contributed by atoms with Crippen molar-refractivity contribution in [3.63, 3.8) is 0 Å². The Labute approximate surface area is 107 Å². The Morgan fingerprint density at radius 2 is 2.06 bits per heavy atom. The highest BCUT2D eigenvalue weighted by Gasteiger charge is 2.23. The second-order valence-electron chi connectivity index (χ2n) is 4.47. The number of nitrogens with two attached hydrogens (primary N) is 2. The molecule has 100 valence electrons. The van der Waals surface area contributed by atoms with E-state index in [0.717, 1.165) is 49.6 Å². The third kappa shape index (κ3) is 2.70. The molecule has 0 radical (unpaired) electrons. The minimum Gasteiger partial charge on any atom is -0.381 e. The van der Waals surface area contributed by atoms with E-state index in [1.807, 2.05) is 7.05 Å². The van der Waals surface area contributed by atoms with Crippen LogP contribution in [0.2, 0.25) is 0 Å². The van der Waals surface area contributed by atoms with Crippen LogP contribution in [0, 0.1) is 0 Å². The van der Waals surface area contributed by atoms with E-state index in [2.05, 4.69) is 15.3 Å². The van der Waals surface area contributed by atoms with E-state index in [0.29, 0.717) is 18.4 Å². The Morgan fingerprint density at radius 3 is 2.67 bits per heavy atom. The molecule has 18 heavy (non-hydrogen) atoms. The van der Waals surface area contributed by atoms with Crippen LogP contribution in [0.25, 0.3) is 0 Å². The van der Waals surface area contributed by atoms with Crippen LogP contribution in [0.5, 0.6) is 0 Å². The summed E-state index contributed by atoms with van der Waals surface area (Å²) in [7, 11) is 1.84. The summed E-state index contributed by atoms with van der Waals surface area (Å²) in [5.74, 6) is 1.52. The van der Waals surface area contributed by atoms with Crippen molar-refractivity contribution in [2.75, 3.05) is 37.9 Å². The molecule has 0 aliphatic carbocycles. The molecule has 2 heterocycles. The smallest absolute Gasteiger partial charge is 0.222 e. The van der Waals surface area contributed by atoms with Gasteiger partial charge in [-0.3, -0.25) is 0 Å². The van der Waals surface area contributed by atoms with Gasteiger partial charge in [0.25, 0.3) is 0 Å². The molecule has 0 unspecified atom stereocenters. The van der Waals surface area contributed by atoms with Crippen molar-refractivity contribution >= 4 is 11.8 Å². The van der Waals surface area contributed by atoms with Crippen LogP contribution in [-0.4, -0.2) is 36.8 Å². The van der Waals surface area contributed by atoms with Crippen LogP contribution >= 0.6 is 0 Å². The summed E-state index contributed by atoms with van der Waals surface area (Å²) in [6.45, 7) is 2.15. The second-order valence-corrected chi connectivity index (χ2v) is 4.47. The molecule has 0 atom stereocenters. The van der Waals surface area contributed by atoms with E-state index in [1.54, 1.807) is 0 Å². The quantitative estimate of drug-likeness (QED) is 0.720. The van der Waals surface area contributed by atoms with Crippen molar-refractivity contribution in [2.45, 2.75) is 25.2 Å². The number of nitrogens with zero attached hydrogens (tertiary/aromatic N) is 2. The Kier molecular flexibility index (Phi) is 4.33. The lowest BCUT2D eigenvalue weighted by molar-refractivity contribution is 0.0843. The standard InChI is InChI=1S/C12H21N5O/c1-15-11-9(2-5-13)10(16-12(14)17-11)8-3-6-18-7-4-8/h8H,2-7,13H2,1H3,(H3,14,15,16,17). The van der Waals surface area contributed by atoms with Gasteiger partial charge in [0.05, 0.1) is 5.69 Å². The first-order valence-electron chi connectivity index (χ1n) is 6.38. The monoisotopic (exact) mass is 251 g/mol. The van der Waals surface area contributed by atoms with Gasteiger partial charge in [-0.05, 0) is 25.8 Å². The fourth-order valence-electron chi connectivity index (χ4n) is 2.43. The summed E-state index contributed by atoms with van der Waals surface area (Å²) < 4.78 is 5.39. The maximum atomic E-state index is 5.78. The van der Waals surface area contributed by atoms with Crippen LogP contribution in [0.4, 0.5) is 11.8 Å². The topological polar surface area (TPSA) is 99.1 Å². The average Bonchev–Trinajstić information content (AvgIpc) is 2.41. The fourth-order valence-corrected chi connectivity index (χ4v) is 2.43. The Balaban J connectivity index is 2.38. The van der Waals surface area contributed by atoms with Gasteiger partial charge in [-0.25, -0.2) is 4.98 Å². The number of hydrogen-bond donors (Lipinski definition) is 3. The summed E-state index contributed by atoms with van der Waals surface area (Å²) in [4.78, 5) is 8.67. The molecule has 6 heteroatoms. The van der Waals surface area contributed by atoms with Crippen LogP contribution in [0.1, 0.15) is 30.0 Å². The molecule has 1 saturated heterocycles. The van der Waals surface area contributed by atoms with Gasteiger partial charge in [-0.15, -0.1) is 0 Å². The SMILES string of the molecule is CNc1nc(N)nc(C2CCOCC2)c1CCN. The predicted molar refractivity (Wildman–Crippen MR) is 71.5 cm³/mol. The lowest BCUT2D eigenvalue weighted by atomic mass is 9.92. The van der Waals surface area contributed by atoms with Crippen molar-refractivity contribution in [1.29, 1.82) is 0 Å². The minimum absolute atomic E-state index is 0.321. The van der Waals surface area contributed by atoms with Gasteiger partial charge < -0.3 is 21.5 Å². The van der Waals surface area contributed by atoms with Crippen LogP contribution in [0.3, 0.4) is 0 Å². The van der Waals surface area contributed by atoms with Crippen molar-refractivity contribution in [3.8, 4) is 0 Å². The van der Waals surface area contributed by atoms with Crippen molar-refractivity contribution in [1.82, 2.24) is 9.97 Å². The normalized spacial score (nSPS) is 16.8. The molecule has 6 nitrogen and oxygen atoms in total. The van der Waals surface area contributed by atoms with Crippen LogP contribution in [-0.2, 0) is 11.2 Å². The molecule has 5 N–H and O–H groups in total. The van der Waals surface area contributed by atoms with E-state index in [1.165, 1.54) is 0 Å². The highest BCUT2D eigenvalue weighted by molar-refractivity contribution is 5.50. The van der Waals surface area contributed by atoms with Crippen molar-refractivity contribution < 1.29 is 4.74 Å². The molecule has 0 saturated carbocycles. The lowest BCUT2D eigenvalue weighted by Crippen LogP contribution is -2.20. The first-order valence-corrected chi connectivity index (χ1v) is 6.38. The molecule has 1 aliphatic rings. The van der Waals surface area contributed by atoms with E-state index >= 15 is 0 Å². The zero-order valence-corrected chi connectivity index (χ0v) is 10.8. The zero-order valence-electron chi connectivity index (χ0n) is 10.8. The first kappa shape index (κ1) is 13.0. The molecule has 1 aromatic heterocycles. The van der Waals surface area contributed by atoms with E-state index in [9.17, 15) is 0 Å². The van der Waals surface area contributed by atoms with Gasteiger partial charge in [0.1, 0.15) is 5.82 Å². The summed E-state index contributed by atoms with van der Waals surface area (Å²) in [6.07, 6.45) is 2.73. The van der Waals surface area contributed by atoms with Gasteiger partial charge in [0.2, 0.25) is 5.95 Å². The molecular weight excluding hydrogens is 230 g/mol. The Hall–Kier alpha value is -1.40. The second kappa shape index (κ2) is 5.97. The number of hydrogen-bond acceptors (Lipinski definition) is 6. The third-order valence-corrected chi connectivity index (χ3v) is 3.30. The van der Waals surface area contributed by atoms with E-state index < -0.39 is 0 Å². The molecule has 0 aromatic carbocycles. The summed E-state index contributed by atoms with van der Waals surface area (Å²) in [5, 5.41) is 3.08. The van der Waals surface area contributed by atoms with Gasteiger partial charge in [-0.2, -0.15) is 4.98 Å². The van der Waals surface area contributed by atoms with Gasteiger partial charge in [0, 0.05) is 31.7 Å². The van der Waals surface area contributed by atoms with E-state index in [-0.39, 0.29) is 0 Å². The van der Waals surface area contributed by atoms with Crippen molar-refractivity contribution in [2.24, 2.45) is 5.73 Å². The molecule has 0 bridgehead atoms. The van der Waals surface area contributed by atoms with Crippen LogP contribution in [0.15, 0.2) is 0 Å². The first-order chi connectivity index (χ1) is 8.76. The number of aromatic nitrogens is 2. The minimum atomic E-state index is 0.321. The van der Waals surface area contributed by atoms with Gasteiger partial charge in [0.15, 0.2) is 0 Å². The maximum absolute atomic E-state index is 5.78. The molecule has 2 rings (SSSR count). The summed E-state index contributed by atoms with van der Waals surface area (Å²) >= 11 is 0. The number of nitrogens with one attached hydrogen (secondary N) is 1. The summed E-state index contributed by atoms with van der Waals surface area (Å²) in [6, 6.07) is 0. The lowest BCUT2D eigenvalue weighted by Gasteiger charge is -2.24. The van der Waals surface area contributed by atoms with Crippen molar-refractivity contribution in [3.05, 3.63) is 11.3 Å². The van der Waals surface area contributed by atoms with Gasteiger partial charge >= 0.3 is 0 Å².